The zero-order chi connectivity index (χ0) is 34.1. The third-order valence-corrected chi connectivity index (χ3v) is 12.1. The number of benzene rings is 8. The number of fused-ring (bicyclic) bond motifs is 8. The van der Waals surface area contributed by atoms with Crippen molar-refractivity contribution in [3.8, 4) is 33.4 Å². The van der Waals surface area contributed by atoms with Gasteiger partial charge in [-0.15, -0.1) is 11.3 Å². The normalized spacial score (nSPS) is 13.1. The molecule has 2 heteroatoms. The highest BCUT2D eigenvalue weighted by Gasteiger charge is 2.36. The molecule has 0 amide bonds. The molecule has 0 atom stereocenters. The Morgan fingerprint density at radius 1 is 0.431 bits per heavy atom. The van der Waals surface area contributed by atoms with Crippen molar-refractivity contribution in [1.82, 2.24) is 0 Å². The lowest BCUT2D eigenvalue weighted by Crippen LogP contribution is -2.17. The van der Waals surface area contributed by atoms with Crippen LogP contribution in [0.1, 0.15) is 25.0 Å². The third-order valence-electron chi connectivity index (χ3n) is 10.9. The second-order valence-corrected chi connectivity index (χ2v) is 15.1. The Balaban J connectivity index is 1.29. The highest BCUT2D eigenvalue weighted by Crippen LogP contribution is 2.53. The molecule has 10 rings (SSSR count). The first-order valence-corrected chi connectivity index (χ1v) is 18.5. The summed E-state index contributed by atoms with van der Waals surface area (Å²) in [6.45, 7) is 4.74. The summed E-state index contributed by atoms with van der Waals surface area (Å²) < 4.78 is 2.61. The van der Waals surface area contributed by atoms with Crippen LogP contribution in [0.15, 0.2) is 176 Å². The van der Waals surface area contributed by atoms with Crippen LogP contribution in [0.4, 0.5) is 17.1 Å². The fraction of sp³-hybridized carbons (Fsp3) is 0.0612. The van der Waals surface area contributed by atoms with E-state index in [1.165, 1.54) is 81.1 Å². The van der Waals surface area contributed by atoms with Gasteiger partial charge in [0.1, 0.15) is 0 Å². The van der Waals surface area contributed by atoms with Crippen LogP contribution in [0.25, 0.3) is 64.3 Å². The Morgan fingerprint density at radius 2 is 1.04 bits per heavy atom. The van der Waals surface area contributed by atoms with Crippen LogP contribution < -0.4 is 4.90 Å². The highest BCUT2D eigenvalue weighted by molar-refractivity contribution is 7.26. The van der Waals surface area contributed by atoms with Gasteiger partial charge in [-0.2, -0.15) is 0 Å². The molecule has 1 nitrogen and oxygen atoms in total. The average Bonchev–Trinajstić information content (AvgIpc) is 3.68. The minimum absolute atomic E-state index is 0.114. The summed E-state index contributed by atoms with van der Waals surface area (Å²) in [6.07, 6.45) is 0. The summed E-state index contributed by atoms with van der Waals surface area (Å²) in [5, 5.41) is 5.16. The predicted octanol–water partition coefficient (Wildman–Crippen LogP) is 14.3. The minimum atomic E-state index is -0.114. The van der Waals surface area contributed by atoms with Crippen molar-refractivity contribution in [2.75, 3.05) is 4.90 Å². The van der Waals surface area contributed by atoms with E-state index in [4.69, 9.17) is 0 Å². The van der Waals surface area contributed by atoms with Gasteiger partial charge in [0, 0.05) is 42.2 Å². The molecule has 0 N–H and O–H groups in total. The lowest BCUT2D eigenvalue weighted by atomic mass is 9.82. The Hall–Kier alpha value is -5.96. The van der Waals surface area contributed by atoms with Crippen LogP contribution in [0, 0.1) is 0 Å². The van der Waals surface area contributed by atoms with Crippen molar-refractivity contribution in [2.45, 2.75) is 19.3 Å². The van der Waals surface area contributed by atoms with E-state index in [-0.39, 0.29) is 5.41 Å². The lowest BCUT2D eigenvalue weighted by molar-refractivity contribution is 0.660. The first-order chi connectivity index (χ1) is 25.1. The molecule has 9 aromatic rings. The van der Waals surface area contributed by atoms with Gasteiger partial charge < -0.3 is 4.90 Å². The second kappa shape index (κ2) is 11.6. The van der Waals surface area contributed by atoms with Crippen LogP contribution >= 0.6 is 11.3 Å². The molecule has 1 aliphatic rings. The summed E-state index contributed by atoms with van der Waals surface area (Å²) in [7, 11) is 0. The number of para-hydroxylation sites is 1. The first kappa shape index (κ1) is 29.9. The Morgan fingerprint density at radius 3 is 1.82 bits per heavy atom. The number of rotatable bonds is 5. The highest BCUT2D eigenvalue weighted by atomic mass is 32.1. The molecule has 8 aromatic carbocycles. The zero-order valence-electron chi connectivity index (χ0n) is 28.6. The SMILES string of the molecule is CC1(C)c2ccccc2-c2ccc(N(c3ccccc3-c3ccccc3)c3cccc4sc5c6ccccc6c(-c6ccccc6)cc5c34)cc21. The molecule has 0 saturated carbocycles. The maximum atomic E-state index is 2.52. The average molecular weight is 670 g/mol. The number of hydrogen-bond donors (Lipinski definition) is 0. The van der Waals surface area contributed by atoms with E-state index in [1.807, 2.05) is 11.3 Å². The van der Waals surface area contributed by atoms with E-state index >= 15 is 0 Å². The van der Waals surface area contributed by atoms with Gasteiger partial charge in [-0.1, -0.05) is 153 Å². The monoisotopic (exact) mass is 669 g/mol. The van der Waals surface area contributed by atoms with Crippen molar-refractivity contribution >= 4 is 59.3 Å². The van der Waals surface area contributed by atoms with E-state index < -0.39 is 0 Å². The molecule has 0 unspecified atom stereocenters. The first-order valence-electron chi connectivity index (χ1n) is 17.7. The molecule has 242 valence electrons. The van der Waals surface area contributed by atoms with E-state index in [0.717, 1.165) is 11.4 Å². The molecule has 0 saturated heterocycles. The van der Waals surface area contributed by atoms with Gasteiger partial charge in [-0.3, -0.25) is 0 Å². The van der Waals surface area contributed by atoms with Gasteiger partial charge in [-0.25, -0.2) is 0 Å². The zero-order valence-corrected chi connectivity index (χ0v) is 29.4. The van der Waals surface area contributed by atoms with Crippen LogP contribution in [0.2, 0.25) is 0 Å². The molecule has 1 heterocycles. The molecule has 0 bridgehead atoms. The predicted molar refractivity (Wildman–Crippen MR) is 220 cm³/mol. The number of hydrogen-bond acceptors (Lipinski definition) is 2. The van der Waals surface area contributed by atoms with Gasteiger partial charge >= 0.3 is 0 Å². The Kier molecular flexibility index (Phi) is 6.78. The van der Waals surface area contributed by atoms with Gasteiger partial charge in [0.15, 0.2) is 0 Å². The molecular weight excluding hydrogens is 635 g/mol. The maximum absolute atomic E-state index is 2.52. The Labute approximate surface area is 302 Å². The topological polar surface area (TPSA) is 3.24 Å². The van der Waals surface area contributed by atoms with Crippen LogP contribution in [-0.4, -0.2) is 0 Å². The minimum Gasteiger partial charge on any atom is -0.309 e. The summed E-state index contributed by atoms with van der Waals surface area (Å²) in [5.41, 5.74) is 13.7. The van der Waals surface area contributed by atoms with Gasteiger partial charge in [0.25, 0.3) is 0 Å². The lowest BCUT2D eigenvalue weighted by Gasteiger charge is -2.30. The fourth-order valence-corrected chi connectivity index (χ4v) is 9.68. The van der Waals surface area contributed by atoms with E-state index in [1.54, 1.807) is 0 Å². The Bertz CT molecular complexity index is 2770. The molecule has 0 fully saturated rings. The van der Waals surface area contributed by atoms with E-state index in [2.05, 4.69) is 195 Å². The van der Waals surface area contributed by atoms with Crippen molar-refractivity contribution in [2.24, 2.45) is 0 Å². The van der Waals surface area contributed by atoms with Crippen molar-refractivity contribution in [3.05, 3.63) is 187 Å². The molecule has 51 heavy (non-hydrogen) atoms. The second-order valence-electron chi connectivity index (χ2n) is 14.1. The maximum Gasteiger partial charge on any atom is 0.0555 e. The number of anilines is 3. The number of thiophene rings is 1. The van der Waals surface area contributed by atoms with Crippen molar-refractivity contribution < 1.29 is 0 Å². The molecule has 0 radical (unpaired) electrons. The fourth-order valence-electron chi connectivity index (χ4n) is 8.44. The van der Waals surface area contributed by atoms with Crippen LogP contribution in [0.5, 0.6) is 0 Å². The van der Waals surface area contributed by atoms with E-state index in [9.17, 15) is 0 Å². The summed E-state index contributed by atoms with van der Waals surface area (Å²) in [6, 6.07) is 64.8. The van der Waals surface area contributed by atoms with Crippen LogP contribution in [0.3, 0.4) is 0 Å². The summed E-state index contributed by atoms with van der Waals surface area (Å²) in [5.74, 6) is 0. The van der Waals surface area contributed by atoms with Crippen molar-refractivity contribution in [1.29, 1.82) is 0 Å². The molecule has 0 spiro atoms. The molecule has 1 aliphatic carbocycles. The quantitative estimate of drug-likeness (QED) is 0.176. The summed E-state index contributed by atoms with van der Waals surface area (Å²) >= 11 is 1.90. The number of nitrogens with zero attached hydrogens (tertiary/aromatic N) is 1. The standard InChI is InChI=1S/C49H35NS/c1-49(2)42-24-13-11-22-37(42)38-29-28-34(30-43(38)49)50(44-25-14-12-20-35(44)32-16-5-3-6-17-32)45-26-15-27-46-47(45)41-31-40(33-18-7-4-8-19-33)36-21-9-10-23-39(36)48(41)51-46/h3-31H,1-2H3. The summed E-state index contributed by atoms with van der Waals surface area (Å²) in [4.78, 5) is 2.52. The van der Waals surface area contributed by atoms with E-state index in [0.29, 0.717) is 0 Å². The molecular formula is C49H35NS. The van der Waals surface area contributed by atoms with Crippen LogP contribution in [-0.2, 0) is 5.41 Å². The van der Waals surface area contributed by atoms with Gasteiger partial charge in [-0.05, 0) is 80.7 Å². The largest absolute Gasteiger partial charge is 0.309 e. The smallest absolute Gasteiger partial charge is 0.0555 e. The molecule has 0 aliphatic heterocycles. The third kappa shape index (κ3) is 4.60. The van der Waals surface area contributed by atoms with Gasteiger partial charge in [0.05, 0.1) is 11.4 Å². The molecule has 1 aromatic heterocycles. The van der Waals surface area contributed by atoms with Crippen molar-refractivity contribution in [3.63, 3.8) is 0 Å². The van der Waals surface area contributed by atoms with Gasteiger partial charge in [0.2, 0.25) is 0 Å².